The third-order valence-electron chi connectivity index (χ3n) is 5.77. The molecule has 6 heteroatoms. The minimum Gasteiger partial charge on any atom is -0.323 e. The molecule has 1 aliphatic heterocycles. The smallest absolute Gasteiger partial charge is 0.320 e. The van der Waals surface area contributed by atoms with Gasteiger partial charge in [-0.15, -0.1) is 0 Å². The van der Waals surface area contributed by atoms with E-state index in [1.807, 2.05) is 21.9 Å². The largest absolute Gasteiger partial charge is 0.323 e. The van der Waals surface area contributed by atoms with Crippen molar-refractivity contribution in [1.82, 2.24) is 14.8 Å². The minimum absolute atomic E-state index is 0.0202. The summed E-state index contributed by atoms with van der Waals surface area (Å²) in [5.41, 5.74) is 3.04. The number of carbonyl (C=O) groups is 1. The number of hydrogen-bond donors (Lipinski definition) is 0. The molecule has 2 heterocycles. The van der Waals surface area contributed by atoms with E-state index in [2.05, 4.69) is 4.98 Å². The van der Waals surface area contributed by atoms with E-state index in [9.17, 15) is 13.6 Å². The molecule has 0 unspecified atom stereocenters. The van der Waals surface area contributed by atoms with Crippen LogP contribution in [0, 0.1) is 11.6 Å². The molecule has 0 saturated carbocycles. The van der Waals surface area contributed by atoms with E-state index in [1.54, 1.807) is 36.7 Å². The molecule has 31 heavy (non-hydrogen) atoms. The standard InChI is InChI=1S/C25H25F2N3O/c26-22-7-3-20(4-8-22)24(21-5-9-23(27)10-6-21)2-1-15-29-16-17-30(25(29)31)18-19-11-13-28-14-12-19/h3-14,24H,1-2,15-18H2. The van der Waals surface area contributed by atoms with Gasteiger partial charge in [0, 0.05) is 44.5 Å². The summed E-state index contributed by atoms with van der Waals surface area (Å²) in [6, 6.07) is 16.8. The second-order valence-electron chi connectivity index (χ2n) is 7.84. The number of nitrogens with zero attached hydrogens (tertiary/aromatic N) is 3. The Morgan fingerprint density at radius 3 is 1.94 bits per heavy atom. The number of pyridine rings is 1. The molecule has 1 fully saturated rings. The lowest BCUT2D eigenvalue weighted by Gasteiger charge is -2.21. The molecule has 0 atom stereocenters. The number of carbonyl (C=O) groups excluding carboxylic acids is 1. The molecule has 0 N–H and O–H groups in total. The van der Waals surface area contributed by atoms with Gasteiger partial charge in [0.1, 0.15) is 11.6 Å². The molecule has 1 aliphatic rings. The van der Waals surface area contributed by atoms with Crippen LogP contribution in [0.1, 0.15) is 35.4 Å². The number of aromatic nitrogens is 1. The number of halogens is 2. The quantitative estimate of drug-likeness (QED) is 0.501. The van der Waals surface area contributed by atoms with Crippen LogP contribution in [0.15, 0.2) is 73.1 Å². The van der Waals surface area contributed by atoms with Crippen molar-refractivity contribution < 1.29 is 13.6 Å². The first-order valence-electron chi connectivity index (χ1n) is 10.5. The van der Waals surface area contributed by atoms with Crippen molar-refractivity contribution in [2.75, 3.05) is 19.6 Å². The monoisotopic (exact) mass is 421 g/mol. The van der Waals surface area contributed by atoms with Gasteiger partial charge in [-0.1, -0.05) is 24.3 Å². The lowest BCUT2D eigenvalue weighted by atomic mass is 9.87. The van der Waals surface area contributed by atoms with Crippen LogP contribution in [0.3, 0.4) is 0 Å². The molecule has 3 aromatic rings. The number of benzene rings is 2. The predicted molar refractivity (Wildman–Crippen MR) is 115 cm³/mol. The summed E-state index contributed by atoms with van der Waals surface area (Å²) in [5.74, 6) is -0.538. The minimum atomic E-state index is -0.279. The van der Waals surface area contributed by atoms with Crippen LogP contribution in [0.4, 0.5) is 13.6 Å². The van der Waals surface area contributed by atoms with Crippen molar-refractivity contribution in [2.24, 2.45) is 0 Å². The average Bonchev–Trinajstić information content (AvgIpc) is 3.13. The Hall–Kier alpha value is -3.28. The zero-order chi connectivity index (χ0) is 21.6. The van der Waals surface area contributed by atoms with Crippen LogP contribution in [-0.4, -0.2) is 40.4 Å². The van der Waals surface area contributed by atoms with Gasteiger partial charge in [-0.3, -0.25) is 4.98 Å². The molecule has 1 aromatic heterocycles. The zero-order valence-electron chi connectivity index (χ0n) is 17.3. The van der Waals surface area contributed by atoms with Gasteiger partial charge >= 0.3 is 6.03 Å². The van der Waals surface area contributed by atoms with Gasteiger partial charge in [-0.25, -0.2) is 13.6 Å². The van der Waals surface area contributed by atoms with E-state index in [0.717, 1.165) is 29.5 Å². The topological polar surface area (TPSA) is 36.4 Å². The van der Waals surface area contributed by atoms with Crippen LogP contribution in [0.2, 0.25) is 0 Å². The highest BCUT2D eigenvalue weighted by atomic mass is 19.1. The van der Waals surface area contributed by atoms with E-state index < -0.39 is 0 Å². The Bertz CT molecular complexity index is 948. The fourth-order valence-electron chi connectivity index (χ4n) is 4.10. The van der Waals surface area contributed by atoms with Crippen molar-refractivity contribution in [3.63, 3.8) is 0 Å². The van der Waals surface area contributed by atoms with E-state index in [4.69, 9.17) is 0 Å². The van der Waals surface area contributed by atoms with Crippen LogP contribution < -0.4 is 0 Å². The molecule has 2 amide bonds. The maximum atomic E-state index is 13.4. The number of urea groups is 1. The van der Waals surface area contributed by atoms with Crippen molar-refractivity contribution in [1.29, 1.82) is 0 Å². The van der Waals surface area contributed by atoms with Gasteiger partial charge in [0.05, 0.1) is 0 Å². The normalized spacial score (nSPS) is 14.0. The Morgan fingerprint density at radius 1 is 0.806 bits per heavy atom. The van der Waals surface area contributed by atoms with Gasteiger partial charge in [-0.05, 0) is 65.9 Å². The van der Waals surface area contributed by atoms with Gasteiger partial charge in [0.2, 0.25) is 0 Å². The second kappa shape index (κ2) is 9.69. The molecule has 0 radical (unpaired) electrons. The fraction of sp³-hybridized carbons (Fsp3) is 0.280. The molecular formula is C25H25F2N3O. The fourth-order valence-corrected chi connectivity index (χ4v) is 4.10. The van der Waals surface area contributed by atoms with Gasteiger partial charge in [0.25, 0.3) is 0 Å². The maximum absolute atomic E-state index is 13.4. The molecular weight excluding hydrogens is 396 g/mol. The van der Waals surface area contributed by atoms with E-state index >= 15 is 0 Å². The van der Waals surface area contributed by atoms with Crippen molar-refractivity contribution in [3.05, 3.63) is 101 Å². The number of amides is 2. The molecule has 4 rings (SSSR count). The van der Waals surface area contributed by atoms with E-state index in [0.29, 0.717) is 26.2 Å². The Morgan fingerprint density at radius 2 is 1.35 bits per heavy atom. The Kier molecular flexibility index (Phi) is 6.55. The highest BCUT2D eigenvalue weighted by molar-refractivity contribution is 5.76. The van der Waals surface area contributed by atoms with Crippen molar-refractivity contribution in [3.8, 4) is 0 Å². The first kappa shape index (κ1) is 21.0. The maximum Gasteiger partial charge on any atom is 0.320 e. The third-order valence-corrected chi connectivity index (χ3v) is 5.77. The van der Waals surface area contributed by atoms with Crippen molar-refractivity contribution >= 4 is 6.03 Å². The summed E-state index contributed by atoms with van der Waals surface area (Å²) in [5, 5.41) is 0. The van der Waals surface area contributed by atoms with Gasteiger partial charge < -0.3 is 9.80 Å². The molecule has 4 nitrogen and oxygen atoms in total. The highest BCUT2D eigenvalue weighted by Crippen LogP contribution is 2.30. The molecule has 2 aromatic carbocycles. The molecule has 1 saturated heterocycles. The summed E-state index contributed by atoms with van der Waals surface area (Å²) in [6.07, 6.45) is 5.05. The highest BCUT2D eigenvalue weighted by Gasteiger charge is 2.28. The molecule has 0 spiro atoms. The van der Waals surface area contributed by atoms with Gasteiger partial charge in [-0.2, -0.15) is 0 Å². The zero-order valence-corrected chi connectivity index (χ0v) is 17.3. The van der Waals surface area contributed by atoms with E-state index in [1.165, 1.54) is 24.3 Å². The summed E-state index contributed by atoms with van der Waals surface area (Å²) in [7, 11) is 0. The molecule has 160 valence electrons. The first-order chi connectivity index (χ1) is 15.1. The summed E-state index contributed by atoms with van der Waals surface area (Å²) < 4.78 is 26.8. The van der Waals surface area contributed by atoms with Crippen LogP contribution in [0.25, 0.3) is 0 Å². The van der Waals surface area contributed by atoms with Crippen LogP contribution in [0.5, 0.6) is 0 Å². The lowest BCUT2D eigenvalue weighted by molar-refractivity contribution is 0.189. The lowest BCUT2D eigenvalue weighted by Crippen LogP contribution is -2.32. The SMILES string of the molecule is O=C1N(CCCC(c2ccc(F)cc2)c2ccc(F)cc2)CCN1Cc1ccncc1. The Balaban J connectivity index is 1.38. The average molecular weight is 421 g/mol. The van der Waals surface area contributed by atoms with Crippen molar-refractivity contribution in [2.45, 2.75) is 25.3 Å². The summed E-state index contributed by atoms with van der Waals surface area (Å²) in [4.78, 5) is 20.5. The second-order valence-corrected chi connectivity index (χ2v) is 7.84. The molecule has 0 bridgehead atoms. The summed E-state index contributed by atoms with van der Waals surface area (Å²) >= 11 is 0. The van der Waals surface area contributed by atoms with Crippen LogP contribution >= 0.6 is 0 Å². The Labute approximate surface area is 181 Å². The third kappa shape index (κ3) is 5.26. The molecule has 0 aliphatic carbocycles. The number of rotatable bonds is 8. The summed E-state index contributed by atoms with van der Waals surface area (Å²) in [6.45, 7) is 2.67. The predicted octanol–water partition coefficient (Wildman–Crippen LogP) is 5.21. The first-order valence-corrected chi connectivity index (χ1v) is 10.5. The van der Waals surface area contributed by atoms with Gasteiger partial charge in [0.15, 0.2) is 0 Å². The van der Waals surface area contributed by atoms with E-state index in [-0.39, 0.29) is 23.6 Å². The number of hydrogen-bond acceptors (Lipinski definition) is 2. The van der Waals surface area contributed by atoms with Crippen LogP contribution in [-0.2, 0) is 6.54 Å².